The first-order valence-corrected chi connectivity index (χ1v) is 8.49. The van der Waals surface area contributed by atoms with Crippen LogP contribution in [0.1, 0.15) is 60.0 Å². The van der Waals surface area contributed by atoms with Crippen LogP contribution in [0.4, 0.5) is 5.69 Å². The van der Waals surface area contributed by atoms with Crippen molar-refractivity contribution in [2.24, 2.45) is 0 Å². The number of carbonyl (C=O) groups is 2. The minimum Gasteiger partial charge on any atom is -0.349 e. The van der Waals surface area contributed by atoms with E-state index in [0.29, 0.717) is 12.5 Å². The molecule has 4 nitrogen and oxygen atoms in total. The molecule has 1 N–H and O–H groups in total. The summed E-state index contributed by atoms with van der Waals surface area (Å²) in [6, 6.07) is 4.36. The highest BCUT2D eigenvalue weighted by atomic mass is 16.2. The number of nitrogens with one attached hydrogen (secondary N) is 1. The monoisotopic (exact) mass is 298 g/mol. The molecule has 4 rings (SSSR count). The van der Waals surface area contributed by atoms with Crippen LogP contribution in [0.3, 0.4) is 0 Å². The lowest BCUT2D eigenvalue weighted by Crippen LogP contribution is -2.39. The fourth-order valence-electron chi connectivity index (χ4n) is 4.12. The Kier molecular flexibility index (Phi) is 3.40. The molecule has 3 aliphatic rings. The van der Waals surface area contributed by atoms with Crippen LogP contribution in [-0.4, -0.2) is 24.4 Å². The van der Waals surface area contributed by atoms with E-state index < -0.39 is 0 Å². The first-order valence-electron chi connectivity index (χ1n) is 8.49. The molecule has 1 saturated carbocycles. The first-order chi connectivity index (χ1) is 10.7. The molecule has 2 heterocycles. The summed E-state index contributed by atoms with van der Waals surface area (Å²) in [6.07, 6.45) is 7.94. The van der Waals surface area contributed by atoms with E-state index in [1.165, 1.54) is 24.0 Å². The van der Waals surface area contributed by atoms with Gasteiger partial charge in [-0.05, 0) is 55.4 Å². The molecule has 1 aromatic rings. The highest BCUT2D eigenvalue weighted by Gasteiger charge is 2.30. The van der Waals surface area contributed by atoms with Crippen molar-refractivity contribution in [2.45, 2.75) is 57.4 Å². The molecule has 0 spiro atoms. The van der Waals surface area contributed by atoms with Gasteiger partial charge in [0.05, 0.1) is 5.69 Å². The van der Waals surface area contributed by atoms with Gasteiger partial charge >= 0.3 is 0 Å². The molecule has 1 fully saturated rings. The van der Waals surface area contributed by atoms with E-state index in [1.807, 2.05) is 17.0 Å². The Morgan fingerprint density at radius 1 is 1.05 bits per heavy atom. The lowest BCUT2D eigenvalue weighted by atomic mass is 9.89. The molecule has 0 atom stereocenters. The van der Waals surface area contributed by atoms with Crippen LogP contribution < -0.4 is 10.2 Å². The quantitative estimate of drug-likeness (QED) is 0.912. The zero-order valence-corrected chi connectivity index (χ0v) is 12.9. The normalized spacial score (nSPS) is 20.9. The van der Waals surface area contributed by atoms with Gasteiger partial charge in [0.1, 0.15) is 0 Å². The average Bonchev–Trinajstić information content (AvgIpc) is 3.03. The summed E-state index contributed by atoms with van der Waals surface area (Å²) in [5.74, 6) is 0.289. The SMILES string of the molecule is O=C(NC1CCCC1)c1cc2c3c(c1)CCC(=O)N3CCC2. The number of hydrogen-bond donors (Lipinski definition) is 1. The van der Waals surface area contributed by atoms with Crippen LogP contribution in [0, 0.1) is 0 Å². The Labute approximate surface area is 130 Å². The summed E-state index contributed by atoms with van der Waals surface area (Å²) in [6.45, 7) is 0.826. The lowest BCUT2D eigenvalue weighted by Gasteiger charge is -2.35. The van der Waals surface area contributed by atoms with Crippen molar-refractivity contribution >= 4 is 17.5 Å². The molecule has 4 heteroatoms. The van der Waals surface area contributed by atoms with Crippen molar-refractivity contribution in [3.63, 3.8) is 0 Å². The molecule has 22 heavy (non-hydrogen) atoms. The number of amides is 2. The number of carbonyl (C=O) groups excluding carboxylic acids is 2. The summed E-state index contributed by atoms with van der Waals surface area (Å²) in [4.78, 5) is 26.5. The third kappa shape index (κ3) is 2.31. The number of anilines is 1. The molecule has 0 radical (unpaired) electrons. The molecule has 0 saturated heterocycles. The Balaban J connectivity index is 1.65. The fraction of sp³-hybridized carbons (Fsp3) is 0.556. The molecular weight excluding hydrogens is 276 g/mol. The summed E-state index contributed by atoms with van der Waals surface area (Å²) in [7, 11) is 0. The van der Waals surface area contributed by atoms with Gasteiger partial charge in [-0.2, -0.15) is 0 Å². The molecule has 116 valence electrons. The largest absolute Gasteiger partial charge is 0.349 e. The van der Waals surface area contributed by atoms with E-state index in [0.717, 1.165) is 49.9 Å². The van der Waals surface area contributed by atoms with Crippen molar-refractivity contribution < 1.29 is 9.59 Å². The van der Waals surface area contributed by atoms with Crippen LogP contribution in [0.5, 0.6) is 0 Å². The molecule has 2 aliphatic heterocycles. The standard InChI is InChI=1S/C18H22N2O2/c21-16-8-7-13-11-14(18(22)19-15-5-1-2-6-15)10-12-4-3-9-20(16)17(12)13/h10-11,15H,1-9H2,(H,19,22). The fourth-order valence-corrected chi connectivity index (χ4v) is 4.12. The molecular formula is C18H22N2O2. The van der Waals surface area contributed by atoms with E-state index in [-0.39, 0.29) is 11.8 Å². The molecule has 2 amide bonds. The second-order valence-electron chi connectivity index (χ2n) is 6.75. The minimum absolute atomic E-state index is 0.0555. The summed E-state index contributed by atoms with van der Waals surface area (Å²) in [5, 5.41) is 3.17. The second kappa shape index (κ2) is 5.41. The van der Waals surface area contributed by atoms with E-state index >= 15 is 0 Å². The van der Waals surface area contributed by atoms with Crippen molar-refractivity contribution in [2.75, 3.05) is 11.4 Å². The van der Waals surface area contributed by atoms with Crippen LogP contribution in [0.25, 0.3) is 0 Å². The Morgan fingerprint density at radius 3 is 2.55 bits per heavy atom. The molecule has 1 aliphatic carbocycles. The van der Waals surface area contributed by atoms with Gasteiger partial charge in [0.2, 0.25) is 5.91 Å². The van der Waals surface area contributed by atoms with E-state index in [9.17, 15) is 9.59 Å². The second-order valence-corrected chi connectivity index (χ2v) is 6.75. The number of hydrogen-bond acceptors (Lipinski definition) is 2. The smallest absolute Gasteiger partial charge is 0.251 e. The van der Waals surface area contributed by atoms with Crippen molar-refractivity contribution in [1.29, 1.82) is 0 Å². The van der Waals surface area contributed by atoms with Crippen molar-refractivity contribution in [3.8, 4) is 0 Å². The summed E-state index contributed by atoms with van der Waals surface area (Å²) in [5.41, 5.74) is 4.22. The number of rotatable bonds is 2. The van der Waals surface area contributed by atoms with E-state index in [1.54, 1.807) is 0 Å². The van der Waals surface area contributed by atoms with E-state index in [4.69, 9.17) is 0 Å². The predicted molar refractivity (Wildman–Crippen MR) is 85.2 cm³/mol. The first kappa shape index (κ1) is 13.8. The number of nitrogens with zero attached hydrogens (tertiary/aromatic N) is 1. The lowest BCUT2D eigenvalue weighted by molar-refractivity contribution is -0.119. The van der Waals surface area contributed by atoms with Gasteiger partial charge in [-0.25, -0.2) is 0 Å². The Morgan fingerprint density at radius 2 is 1.77 bits per heavy atom. The maximum Gasteiger partial charge on any atom is 0.251 e. The molecule has 0 unspecified atom stereocenters. The van der Waals surface area contributed by atoms with Gasteiger partial charge in [0.25, 0.3) is 5.91 Å². The number of aryl methyl sites for hydroxylation is 2. The third-order valence-corrected chi connectivity index (χ3v) is 5.23. The zero-order chi connectivity index (χ0) is 15.1. The zero-order valence-electron chi connectivity index (χ0n) is 12.9. The van der Waals surface area contributed by atoms with Crippen LogP contribution in [0.15, 0.2) is 12.1 Å². The van der Waals surface area contributed by atoms with Gasteiger partial charge in [-0.1, -0.05) is 12.8 Å². The van der Waals surface area contributed by atoms with Gasteiger partial charge in [0.15, 0.2) is 0 Å². The van der Waals surface area contributed by atoms with Crippen molar-refractivity contribution in [3.05, 3.63) is 28.8 Å². The van der Waals surface area contributed by atoms with Crippen LogP contribution >= 0.6 is 0 Å². The third-order valence-electron chi connectivity index (χ3n) is 5.23. The number of benzene rings is 1. The maximum absolute atomic E-state index is 12.5. The molecule has 0 aromatic heterocycles. The molecule has 1 aromatic carbocycles. The van der Waals surface area contributed by atoms with Crippen molar-refractivity contribution in [1.82, 2.24) is 5.32 Å². The van der Waals surface area contributed by atoms with Gasteiger partial charge in [-0.15, -0.1) is 0 Å². The summed E-state index contributed by atoms with van der Waals surface area (Å²) < 4.78 is 0. The maximum atomic E-state index is 12.5. The van der Waals surface area contributed by atoms with Gasteiger partial charge in [0, 0.05) is 24.6 Å². The van der Waals surface area contributed by atoms with Crippen LogP contribution in [-0.2, 0) is 17.6 Å². The molecule has 0 bridgehead atoms. The minimum atomic E-state index is 0.0555. The van der Waals surface area contributed by atoms with Gasteiger partial charge in [-0.3, -0.25) is 9.59 Å². The topological polar surface area (TPSA) is 49.4 Å². The highest BCUT2D eigenvalue weighted by molar-refractivity contribution is 6.00. The van der Waals surface area contributed by atoms with E-state index in [2.05, 4.69) is 5.32 Å². The van der Waals surface area contributed by atoms with Gasteiger partial charge < -0.3 is 10.2 Å². The Hall–Kier alpha value is -1.84. The van der Waals surface area contributed by atoms with Crippen LogP contribution in [0.2, 0.25) is 0 Å². The average molecular weight is 298 g/mol. The highest BCUT2D eigenvalue weighted by Crippen LogP contribution is 2.36. The predicted octanol–water partition coefficient (Wildman–Crippen LogP) is 2.58. The Bertz CT molecular complexity index is 615. The summed E-state index contributed by atoms with van der Waals surface area (Å²) >= 11 is 0.